The number of fused-ring (bicyclic) bond motifs is 1. The van der Waals surface area contributed by atoms with Crippen molar-refractivity contribution in [2.75, 3.05) is 29.9 Å². The monoisotopic (exact) mass is 273 g/mol. The van der Waals surface area contributed by atoms with E-state index in [4.69, 9.17) is 0 Å². The Kier molecular flexibility index (Phi) is 2.56. The Hall–Kier alpha value is -2.70. The summed E-state index contributed by atoms with van der Waals surface area (Å²) in [7, 11) is 1.52. The van der Waals surface area contributed by atoms with E-state index in [0.717, 1.165) is 0 Å². The first-order chi connectivity index (χ1) is 9.47. The molecule has 2 heterocycles. The minimum atomic E-state index is -0.579. The average Bonchev–Trinajstić information content (AvgIpc) is 2.62. The number of carbonyl (C=O) groups excluding carboxylic acids is 4. The van der Waals surface area contributed by atoms with E-state index in [1.807, 2.05) is 0 Å². The van der Waals surface area contributed by atoms with Gasteiger partial charge in [-0.05, 0) is 18.2 Å². The number of hydrogen-bond acceptors (Lipinski definition) is 5. The number of Topliss-reactive ketones (excluding diaryl/α,β-unsaturated/α-hetero) is 1. The second-order valence-corrected chi connectivity index (χ2v) is 4.72. The van der Waals surface area contributed by atoms with Gasteiger partial charge in [0, 0.05) is 12.7 Å². The number of benzene rings is 1. The zero-order chi connectivity index (χ0) is 14.4. The SMILES string of the molecule is CN1C(=O)C(=O)c2ccc(N3CC(=O)NC(=O)C3)cc21. The largest absolute Gasteiger partial charge is 0.353 e. The number of nitrogens with zero attached hydrogens (tertiary/aromatic N) is 2. The van der Waals surface area contributed by atoms with Crippen LogP contribution in [0.1, 0.15) is 10.4 Å². The van der Waals surface area contributed by atoms with Crippen LogP contribution >= 0.6 is 0 Å². The van der Waals surface area contributed by atoms with Crippen LogP contribution in [0, 0.1) is 0 Å². The Morgan fingerprint density at radius 3 is 2.35 bits per heavy atom. The Bertz CT molecular complexity index is 652. The van der Waals surface area contributed by atoms with Crippen LogP contribution in [0.15, 0.2) is 18.2 Å². The van der Waals surface area contributed by atoms with Gasteiger partial charge in [-0.3, -0.25) is 24.5 Å². The first-order valence-corrected chi connectivity index (χ1v) is 6.01. The predicted molar refractivity (Wildman–Crippen MR) is 69.5 cm³/mol. The summed E-state index contributed by atoms with van der Waals surface area (Å²) in [6.07, 6.45) is 0. The highest BCUT2D eigenvalue weighted by molar-refractivity contribution is 6.52. The van der Waals surface area contributed by atoms with E-state index in [-0.39, 0.29) is 24.9 Å². The zero-order valence-corrected chi connectivity index (χ0v) is 10.7. The molecule has 3 amide bonds. The Balaban J connectivity index is 1.98. The predicted octanol–water partition coefficient (Wildman–Crippen LogP) is -0.691. The number of nitrogens with one attached hydrogen (secondary N) is 1. The minimum Gasteiger partial charge on any atom is -0.353 e. The summed E-state index contributed by atoms with van der Waals surface area (Å²) in [6.45, 7) is 0.131. The molecule has 1 aromatic rings. The van der Waals surface area contributed by atoms with Gasteiger partial charge in [0.05, 0.1) is 24.3 Å². The molecule has 2 aliphatic heterocycles. The van der Waals surface area contributed by atoms with Crippen molar-refractivity contribution < 1.29 is 19.2 Å². The Morgan fingerprint density at radius 1 is 1.05 bits per heavy atom. The third-order valence-electron chi connectivity index (χ3n) is 3.40. The summed E-state index contributed by atoms with van der Waals surface area (Å²) in [6, 6.07) is 4.82. The van der Waals surface area contributed by atoms with Crippen molar-refractivity contribution in [2.45, 2.75) is 0 Å². The first kappa shape index (κ1) is 12.3. The van der Waals surface area contributed by atoms with E-state index >= 15 is 0 Å². The lowest BCUT2D eigenvalue weighted by Gasteiger charge is -2.28. The van der Waals surface area contributed by atoms with Crippen LogP contribution in [-0.4, -0.2) is 43.6 Å². The van der Waals surface area contributed by atoms with Crippen molar-refractivity contribution in [3.8, 4) is 0 Å². The van der Waals surface area contributed by atoms with E-state index in [1.165, 1.54) is 11.9 Å². The zero-order valence-electron chi connectivity index (χ0n) is 10.7. The molecule has 0 unspecified atom stereocenters. The molecule has 1 N–H and O–H groups in total. The summed E-state index contributed by atoms with van der Waals surface area (Å²) in [5, 5.41) is 2.22. The number of rotatable bonds is 1. The molecule has 0 saturated carbocycles. The first-order valence-electron chi connectivity index (χ1n) is 6.01. The topological polar surface area (TPSA) is 86.8 Å². The number of imide groups is 1. The summed E-state index contributed by atoms with van der Waals surface area (Å²) < 4.78 is 0. The van der Waals surface area contributed by atoms with E-state index in [0.29, 0.717) is 16.9 Å². The molecule has 1 aromatic carbocycles. The number of anilines is 2. The van der Waals surface area contributed by atoms with E-state index in [1.54, 1.807) is 23.1 Å². The van der Waals surface area contributed by atoms with Crippen LogP contribution in [0.3, 0.4) is 0 Å². The third kappa shape index (κ3) is 1.75. The third-order valence-corrected chi connectivity index (χ3v) is 3.40. The molecular formula is C13H11N3O4. The minimum absolute atomic E-state index is 0.0656. The van der Waals surface area contributed by atoms with Crippen LogP contribution in [0.5, 0.6) is 0 Å². The van der Waals surface area contributed by atoms with Crippen molar-refractivity contribution in [3.05, 3.63) is 23.8 Å². The van der Waals surface area contributed by atoms with Crippen LogP contribution in [-0.2, 0) is 14.4 Å². The van der Waals surface area contributed by atoms with Gasteiger partial charge in [0.1, 0.15) is 0 Å². The summed E-state index contributed by atoms with van der Waals surface area (Å²) in [5.74, 6) is -1.87. The number of ketones is 1. The van der Waals surface area contributed by atoms with Gasteiger partial charge < -0.3 is 9.80 Å². The molecule has 2 aliphatic rings. The second-order valence-electron chi connectivity index (χ2n) is 4.72. The maximum atomic E-state index is 11.7. The fourth-order valence-electron chi connectivity index (χ4n) is 2.38. The van der Waals surface area contributed by atoms with Crippen molar-refractivity contribution >= 4 is 34.9 Å². The Morgan fingerprint density at radius 2 is 1.70 bits per heavy atom. The molecule has 0 aromatic heterocycles. The molecule has 1 saturated heterocycles. The quantitative estimate of drug-likeness (QED) is 0.540. The lowest BCUT2D eigenvalue weighted by molar-refractivity contribution is -0.130. The second kappa shape index (κ2) is 4.16. The van der Waals surface area contributed by atoms with Crippen molar-refractivity contribution in [1.82, 2.24) is 5.32 Å². The molecule has 7 heteroatoms. The van der Waals surface area contributed by atoms with Crippen LogP contribution in [0.2, 0.25) is 0 Å². The molecule has 0 spiro atoms. The van der Waals surface area contributed by atoms with Gasteiger partial charge >= 0.3 is 0 Å². The molecule has 1 fully saturated rings. The summed E-state index contributed by atoms with van der Waals surface area (Å²) >= 11 is 0. The van der Waals surface area contributed by atoms with E-state index in [2.05, 4.69) is 5.32 Å². The van der Waals surface area contributed by atoms with Gasteiger partial charge in [-0.1, -0.05) is 0 Å². The van der Waals surface area contributed by atoms with E-state index in [9.17, 15) is 19.2 Å². The maximum absolute atomic E-state index is 11.7. The number of piperazine rings is 1. The van der Waals surface area contributed by atoms with Gasteiger partial charge in [-0.15, -0.1) is 0 Å². The molecule has 102 valence electrons. The van der Waals surface area contributed by atoms with Crippen LogP contribution in [0.4, 0.5) is 11.4 Å². The van der Waals surface area contributed by atoms with Crippen LogP contribution < -0.4 is 15.1 Å². The van der Waals surface area contributed by atoms with Gasteiger partial charge in [0.2, 0.25) is 11.8 Å². The number of hydrogen-bond donors (Lipinski definition) is 1. The average molecular weight is 273 g/mol. The van der Waals surface area contributed by atoms with Crippen molar-refractivity contribution in [2.24, 2.45) is 0 Å². The standard InChI is InChI=1S/C13H11N3O4/c1-15-9-4-7(2-3-8(9)12(19)13(15)20)16-5-10(17)14-11(18)6-16/h2-4H,5-6H2,1H3,(H,14,17,18). The van der Waals surface area contributed by atoms with Gasteiger partial charge in [0.15, 0.2) is 0 Å². The molecule has 0 radical (unpaired) electrons. The number of carbonyl (C=O) groups is 4. The number of likely N-dealkylation sites (N-methyl/N-ethyl adjacent to an activating group) is 1. The lowest BCUT2D eigenvalue weighted by Crippen LogP contribution is -2.51. The summed E-state index contributed by atoms with van der Waals surface area (Å²) in [5.41, 5.74) is 1.46. The molecule has 3 rings (SSSR count). The van der Waals surface area contributed by atoms with E-state index < -0.39 is 11.7 Å². The highest BCUT2D eigenvalue weighted by Crippen LogP contribution is 2.31. The van der Waals surface area contributed by atoms with Gasteiger partial charge in [-0.2, -0.15) is 0 Å². The fraction of sp³-hybridized carbons (Fsp3) is 0.231. The lowest BCUT2D eigenvalue weighted by atomic mass is 10.1. The molecule has 0 bridgehead atoms. The molecule has 20 heavy (non-hydrogen) atoms. The molecule has 0 aliphatic carbocycles. The maximum Gasteiger partial charge on any atom is 0.299 e. The normalized spacial score (nSPS) is 18.4. The van der Waals surface area contributed by atoms with Gasteiger partial charge in [0.25, 0.3) is 11.7 Å². The molecule has 7 nitrogen and oxygen atoms in total. The van der Waals surface area contributed by atoms with Crippen LogP contribution in [0.25, 0.3) is 0 Å². The van der Waals surface area contributed by atoms with Crippen molar-refractivity contribution in [3.63, 3.8) is 0 Å². The summed E-state index contributed by atoms with van der Waals surface area (Å²) in [4.78, 5) is 48.9. The highest BCUT2D eigenvalue weighted by atomic mass is 16.2. The van der Waals surface area contributed by atoms with Crippen molar-refractivity contribution in [1.29, 1.82) is 0 Å². The molecular weight excluding hydrogens is 262 g/mol. The fourth-order valence-corrected chi connectivity index (χ4v) is 2.38. The highest BCUT2D eigenvalue weighted by Gasteiger charge is 2.34. The smallest absolute Gasteiger partial charge is 0.299 e. The number of amides is 3. The molecule has 0 atom stereocenters. The Labute approximate surface area is 114 Å². The van der Waals surface area contributed by atoms with Gasteiger partial charge in [-0.25, -0.2) is 0 Å².